The molecule has 0 heterocycles. The van der Waals surface area contributed by atoms with E-state index in [4.69, 9.17) is 0 Å². The number of rotatable bonds is 9. The van der Waals surface area contributed by atoms with Gasteiger partial charge in [-0.05, 0) is 11.1 Å². The summed E-state index contributed by atoms with van der Waals surface area (Å²) >= 11 is 0. The molecule has 0 aromatic heterocycles. The van der Waals surface area contributed by atoms with Crippen LogP contribution in [0.25, 0.3) is 12.2 Å². The fourth-order valence-corrected chi connectivity index (χ4v) is 2.98. The first-order valence-electron chi connectivity index (χ1n) is 9.57. The molecule has 0 atom stereocenters. The van der Waals surface area contributed by atoms with Crippen molar-refractivity contribution in [2.45, 2.75) is 35.5 Å². The van der Waals surface area contributed by atoms with Crippen LogP contribution in [0.1, 0.15) is 22.3 Å². The number of alkyl halides is 12. The van der Waals surface area contributed by atoms with E-state index in [9.17, 15) is 70.2 Å². The second-order valence-corrected chi connectivity index (χ2v) is 7.56. The summed E-state index contributed by atoms with van der Waals surface area (Å²) in [4.78, 5) is 0. The minimum Gasteiger partial charge on any atom is -0.194 e. The van der Waals surface area contributed by atoms with Crippen molar-refractivity contribution >= 4 is 12.2 Å². The van der Waals surface area contributed by atoms with Gasteiger partial charge in [0.15, 0.2) is 0 Å². The summed E-state index contributed by atoms with van der Waals surface area (Å²) in [5, 5.41) is 0. The summed E-state index contributed by atoms with van der Waals surface area (Å²) in [6, 6.07) is 0.242. The van der Waals surface area contributed by atoms with Gasteiger partial charge in [-0.2, -0.15) is 70.2 Å². The third-order valence-electron chi connectivity index (χ3n) is 5.07. The highest BCUT2D eigenvalue weighted by Crippen LogP contribution is 2.63. The molecule has 38 heavy (non-hydrogen) atoms. The molecule has 210 valence electrons. The van der Waals surface area contributed by atoms with Crippen molar-refractivity contribution in [2.24, 2.45) is 0 Å². The summed E-state index contributed by atoms with van der Waals surface area (Å²) in [5.74, 6) is -43.5. The Morgan fingerprint density at radius 2 is 0.632 bits per heavy atom. The summed E-state index contributed by atoms with van der Waals surface area (Å²) in [7, 11) is 0. The molecule has 0 fully saturated rings. The Morgan fingerprint density at radius 1 is 0.395 bits per heavy atom. The van der Waals surface area contributed by atoms with Gasteiger partial charge in [0.05, 0.1) is 0 Å². The van der Waals surface area contributed by atoms with Crippen LogP contribution >= 0.6 is 0 Å². The van der Waals surface area contributed by atoms with Gasteiger partial charge < -0.3 is 0 Å². The van der Waals surface area contributed by atoms with Crippen LogP contribution in [0.4, 0.5) is 70.2 Å². The maximum atomic E-state index is 14.3. The molecular formula is C22H10F16. The summed E-state index contributed by atoms with van der Waals surface area (Å²) in [6.07, 6.45) is -4.82. The predicted molar refractivity (Wildman–Crippen MR) is 101 cm³/mol. The van der Waals surface area contributed by atoms with E-state index < -0.39 is 70.0 Å². The zero-order chi connectivity index (χ0) is 29.5. The number of hydrogen-bond acceptors (Lipinski definition) is 0. The maximum Gasteiger partial charge on any atom is 0.385 e. The van der Waals surface area contributed by atoms with Gasteiger partial charge in [-0.1, -0.05) is 48.5 Å². The van der Waals surface area contributed by atoms with Crippen LogP contribution in [-0.4, -0.2) is 23.7 Å². The van der Waals surface area contributed by atoms with Crippen LogP contribution in [0, 0.1) is 0 Å². The lowest BCUT2D eigenvalue weighted by Gasteiger charge is -2.41. The van der Waals surface area contributed by atoms with Crippen molar-refractivity contribution < 1.29 is 70.2 Å². The van der Waals surface area contributed by atoms with E-state index in [1.54, 1.807) is 0 Å². The molecule has 0 aliphatic carbocycles. The lowest BCUT2D eigenvalue weighted by atomic mass is 9.87. The van der Waals surface area contributed by atoms with Crippen molar-refractivity contribution in [2.75, 3.05) is 0 Å². The van der Waals surface area contributed by atoms with Crippen LogP contribution in [0.3, 0.4) is 0 Å². The Hall–Kier alpha value is -3.20. The normalized spacial score (nSPS) is 13.8. The van der Waals surface area contributed by atoms with E-state index in [1.807, 2.05) is 0 Å². The monoisotopic (exact) mass is 578 g/mol. The molecule has 0 amide bonds. The Balaban J connectivity index is 2.55. The lowest BCUT2D eigenvalue weighted by molar-refractivity contribution is -0.429. The van der Waals surface area contributed by atoms with Gasteiger partial charge in [0.1, 0.15) is 0 Å². The molecule has 2 aromatic rings. The molecule has 0 aliphatic heterocycles. The first-order valence-corrected chi connectivity index (χ1v) is 9.57. The fourth-order valence-electron chi connectivity index (χ4n) is 2.98. The minimum absolute atomic E-state index is 0.00234. The van der Waals surface area contributed by atoms with E-state index in [0.29, 0.717) is 0 Å². The Kier molecular flexibility index (Phi) is 8.03. The zero-order valence-electron chi connectivity index (χ0n) is 17.8. The van der Waals surface area contributed by atoms with Crippen LogP contribution in [0.5, 0.6) is 0 Å². The Morgan fingerprint density at radius 3 is 0.842 bits per heavy atom. The molecule has 2 aromatic carbocycles. The van der Waals surface area contributed by atoms with Crippen molar-refractivity contribution in [1.29, 1.82) is 0 Å². The molecule has 0 aliphatic rings. The average Bonchev–Trinajstić information content (AvgIpc) is 2.78. The highest BCUT2D eigenvalue weighted by molar-refractivity contribution is 5.51. The van der Waals surface area contributed by atoms with Crippen molar-refractivity contribution in [3.05, 3.63) is 82.9 Å². The molecule has 0 spiro atoms. The van der Waals surface area contributed by atoms with Crippen LogP contribution in [-0.2, 0) is 11.8 Å². The summed E-state index contributed by atoms with van der Waals surface area (Å²) < 4.78 is 219. The van der Waals surface area contributed by atoms with Gasteiger partial charge in [0.2, 0.25) is 0 Å². The molecule has 2 rings (SSSR count). The molecule has 0 N–H and O–H groups in total. The summed E-state index contributed by atoms with van der Waals surface area (Å²) in [5.41, 5.74) is -5.75. The van der Waals surface area contributed by atoms with Crippen molar-refractivity contribution in [3.8, 4) is 0 Å². The highest BCUT2D eigenvalue weighted by atomic mass is 19.4. The highest BCUT2D eigenvalue weighted by Gasteiger charge is 2.90. The van der Waals surface area contributed by atoms with E-state index >= 15 is 0 Å². The van der Waals surface area contributed by atoms with Gasteiger partial charge in [-0.25, -0.2) is 0 Å². The Bertz CT molecular complexity index is 1090. The maximum absolute atomic E-state index is 14.3. The average molecular weight is 578 g/mol. The standard InChI is InChI=1S/C22H10F16/c23-15(24)9-11-1-5-13(6-2-11)17(27,28)19(31,32)21(35,36)22(37,38)20(33,34)18(29,30)14-7-3-12(4-8-14)10-16(25)26/h1-10H. The van der Waals surface area contributed by atoms with E-state index in [-0.39, 0.29) is 60.7 Å². The van der Waals surface area contributed by atoms with E-state index in [0.717, 1.165) is 0 Å². The molecular weight excluding hydrogens is 568 g/mol. The number of hydrogen-bond donors (Lipinski definition) is 0. The van der Waals surface area contributed by atoms with Crippen LogP contribution in [0.2, 0.25) is 0 Å². The molecule has 0 saturated heterocycles. The van der Waals surface area contributed by atoms with Gasteiger partial charge in [0.25, 0.3) is 12.2 Å². The SMILES string of the molecule is FC(F)=Cc1ccc(C(F)(F)C(F)(F)C(F)(F)C(F)(F)C(F)(F)C(F)(F)c2ccc(C=C(F)F)cc2)cc1. The molecule has 0 saturated carbocycles. The van der Waals surface area contributed by atoms with Crippen molar-refractivity contribution in [1.82, 2.24) is 0 Å². The molecule has 0 radical (unpaired) electrons. The third-order valence-corrected chi connectivity index (χ3v) is 5.07. The molecule has 16 heteroatoms. The smallest absolute Gasteiger partial charge is 0.194 e. The van der Waals surface area contributed by atoms with E-state index in [2.05, 4.69) is 0 Å². The molecule has 0 bridgehead atoms. The number of halogens is 16. The molecule has 0 unspecified atom stereocenters. The van der Waals surface area contributed by atoms with Crippen LogP contribution < -0.4 is 0 Å². The van der Waals surface area contributed by atoms with E-state index in [1.165, 1.54) is 0 Å². The summed E-state index contributed by atoms with van der Waals surface area (Å²) in [6.45, 7) is 0. The van der Waals surface area contributed by atoms with Crippen LogP contribution in [0.15, 0.2) is 60.7 Å². The van der Waals surface area contributed by atoms with Gasteiger partial charge in [-0.15, -0.1) is 0 Å². The second-order valence-electron chi connectivity index (χ2n) is 7.56. The fraction of sp³-hybridized carbons (Fsp3) is 0.273. The van der Waals surface area contributed by atoms with Gasteiger partial charge >= 0.3 is 35.5 Å². The largest absolute Gasteiger partial charge is 0.385 e. The third kappa shape index (κ3) is 4.96. The zero-order valence-corrected chi connectivity index (χ0v) is 17.8. The predicted octanol–water partition coefficient (Wildman–Crippen LogP) is 9.59. The van der Waals surface area contributed by atoms with Gasteiger partial charge in [0, 0.05) is 23.3 Å². The quantitative estimate of drug-likeness (QED) is 0.260. The lowest BCUT2D eigenvalue weighted by Crippen LogP contribution is -2.69. The first-order chi connectivity index (χ1) is 17.0. The second kappa shape index (κ2) is 9.84. The molecule has 0 nitrogen and oxygen atoms in total. The van der Waals surface area contributed by atoms with Gasteiger partial charge in [-0.3, -0.25) is 0 Å². The Labute approximate surface area is 201 Å². The topological polar surface area (TPSA) is 0 Å². The number of benzene rings is 2. The van der Waals surface area contributed by atoms with Crippen molar-refractivity contribution in [3.63, 3.8) is 0 Å². The minimum atomic E-state index is -7.86. The first kappa shape index (κ1) is 31.0.